The highest BCUT2D eigenvalue weighted by atomic mass is 35.5. The molecule has 3 rings (SSSR count). The number of halogens is 1. The van der Waals surface area contributed by atoms with Gasteiger partial charge in [-0.2, -0.15) is 0 Å². The third kappa shape index (κ3) is 3.09. The molecule has 1 aromatic carbocycles. The molecule has 5 heteroatoms. The van der Waals surface area contributed by atoms with Gasteiger partial charge in [-0.3, -0.25) is 9.59 Å². The lowest BCUT2D eigenvalue weighted by molar-refractivity contribution is -0.147. The SMILES string of the molecule is O=C(O)C1CCCN(C(=O)C2(c3ccc(Cl)cc3)CCCC2)C1. The summed E-state index contributed by atoms with van der Waals surface area (Å²) in [5, 5.41) is 9.93. The fraction of sp³-hybridized carbons (Fsp3) is 0.556. The number of aliphatic carboxylic acids is 1. The van der Waals surface area contributed by atoms with Crippen LogP contribution in [-0.2, 0) is 15.0 Å². The second-order valence-electron chi connectivity index (χ2n) is 6.72. The van der Waals surface area contributed by atoms with E-state index >= 15 is 0 Å². The molecule has 1 N–H and O–H groups in total. The lowest BCUT2D eigenvalue weighted by Crippen LogP contribution is -2.50. The molecule has 1 unspecified atom stereocenters. The highest BCUT2D eigenvalue weighted by Gasteiger charge is 2.46. The van der Waals surface area contributed by atoms with Crippen LogP contribution < -0.4 is 0 Å². The van der Waals surface area contributed by atoms with Gasteiger partial charge in [0.05, 0.1) is 11.3 Å². The number of nitrogens with zero attached hydrogens (tertiary/aromatic N) is 1. The van der Waals surface area contributed by atoms with Crippen molar-refractivity contribution in [2.45, 2.75) is 43.9 Å². The number of benzene rings is 1. The van der Waals surface area contributed by atoms with Crippen molar-refractivity contribution in [2.24, 2.45) is 5.92 Å². The molecule has 1 saturated heterocycles. The second kappa shape index (κ2) is 6.52. The van der Waals surface area contributed by atoms with Gasteiger partial charge in [-0.15, -0.1) is 0 Å². The molecule has 0 radical (unpaired) electrons. The van der Waals surface area contributed by atoms with Crippen LogP contribution in [0.25, 0.3) is 0 Å². The molecule has 4 nitrogen and oxygen atoms in total. The highest BCUT2D eigenvalue weighted by molar-refractivity contribution is 6.30. The summed E-state index contributed by atoms with van der Waals surface area (Å²) in [7, 11) is 0. The average molecular weight is 336 g/mol. The van der Waals surface area contributed by atoms with E-state index in [0.29, 0.717) is 24.5 Å². The minimum Gasteiger partial charge on any atom is -0.481 e. The summed E-state index contributed by atoms with van der Waals surface area (Å²) in [5.41, 5.74) is 0.521. The minimum absolute atomic E-state index is 0.100. The van der Waals surface area contributed by atoms with Gasteiger partial charge >= 0.3 is 5.97 Å². The van der Waals surface area contributed by atoms with Crippen LogP contribution in [0.5, 0.6) is 0 Å². The molecule has 1 aliphatic carbocycles. The van der Waals surface area contributed by atoms with Crippen molar-refractivity contribution >= 4 is 23.5 Å². The van der Waals surface area contributed by atoms with Crippen LogP contribution in [0, 0.1) is 5.92 Å². The summed E-state index contributed by atoms with van der Waals surface area (Å²) in [6.07, 6.45) is 5.16. The molecule has 1 saturated carbocycles. The van der Waals surface area contributed by atoms with Crippen LogP contribution in [0.4, 0.5) is 0 Å². The predicted molar refractivity (Wildman–Crippen MR) is 88.5 cm³/mol. The molecule has 1 aromatic rings. The first kappa shape index (κ1) is 16.3. The molecule has 0 bridgehead atoms. The number of amides is 1. The molecule has 124 valence electrons. The molecule has 23 heavy (non-hydrogen) atoms. The Morgan fingerprint density at radius 1 is 1.13 bits per heavy atom. The first-order valence-electron chi connectivity index (χ1n) is 8.31. The smallest absolute Gasteiger partial charge is 0.308 e. The van der Waals surface area contributed by atoms with Gasteiger partial charge in [-0.25, -0.2) is 0 Å². The van der Waals surface area contributed by atoms with E-state index in [-0.39, 0.29) is 5.91 Å². The number of piperidine rings is 1. The van der Waals surface area contributed by atoms with E-state index in [4.69, 9.17) is 11.6 Å². The molecule has 1 amide bonds. The van der Waals surface area contributed by atoms with Crippen molar-refractivity contribution in [3.63, 3.8) is 0 Å². The Morgan fingerprint density at radius 2 is 1.78 bits per heavy atom. The van der Waals surface area contributed by atoms with E-state index in [0.717, 1.165) is 37.7 Å². The average Bonchev–Trinajstić information content (AvgIpc) is 3.06. The van der Waals surface area contributed by atoms with Gasteiger partial charge in [0.1, 0.15) is 0 Å². The quantitative estimate of drug-likeness (QED) is 0.920. The molecule has 0 aromatic heterocycles. The van der Waals surface area contributed by atoms with Gasteiger partial charge in [-0.05, 0) is 43.4 Å². The Kier molecular flexibility index (Phi) is 4.62. The van der Waals surface area contributed by atoms with Crippen LogP contribution in [0.15, 0.2) is 24.3 Å². The summed E-state index contributed by atoms with van der Waals surface area (Å²) in [5.74, 6) is -1.13. The van der Waals surface area contributed by atoms with Gasteiger partial charge in [0.2, 0.25) is 5.91 Å². The van der Waals surface area contributed by atoms with Gasteiger partial charge in [0.15, 0.2) is 0 Å². The zero-order chi connectivity index (χ0) is 16.4. The topological polar surface area (TPSA) is 57.6 Å². The fourth-order valence-corrected chi connectivity index (χ4v) is 4.17. The largest absolute Gasteiger partial charge is 0.481 e. The number of likely N-dealkylation sites (tertiary alicyclic amines) is 1. The number of carbonyl (C=O) groups excluding carboxylic acids is 1. The number of rotatable bonds is 3. The number of hydrogen-bond donors (Lipinski definition) is 1. The predicted octanol–water partition coefficient (Wildman–Crippen LogP) is 3.48. The molecular formula is C18H22ClNO3. The highest BCUT2D eigenvalue weighted by Crippen LogP contribution is 2.43. The van der Waals surface area contributed by atoms with Crippen molar-refractivity contribution < 1.29 is 14.7 Å². The Hall–Kier alpha value is -1.55. The minimum atomic E-state index is -0.797. The van der Waals surface area contributed by atoms with Crippen LogP contribution in [0.3, 0.4) is 0 Å². The van der Waals surface area contributed by atoms with E-state index in [1.165, 1.54) is 0 Å². The van der Waals surface area contributed by atoms with Crippen molar-refractivity contribution in [3.8, 4) is 0 Å². The second-order valence-corrected chi connectivity index (χ2v) is 7.16. The first-order valence-corrected chi connectivity index (χ1v) is 8.69. The van der Waals surface area contributed by atoms with Crippen LogP contribution >= 0.6 is 11.6 Å². The standard InChI is InChI=1S/C18H22ClNO3/c19-15-7-5-14(6-8-15)18(9-1-2-10-18)17(23)20-11-3-4-13(12-20)16(21)22/h5-8,13H,1-4,9-12H2,(H,21,22). The molecule has 2 aliphatic rings. The summed E-state index contributed by atoms with van der Waals surface area (Å²) < 4.78 is 0. The molecular weight excluding hydrogens is 314 g/mol. The van der Waals surface area contributed by atoms with Crippen LogP contribution in [0.2, 0.25) is 5.02 Å². The summed E-state index contributed by atoms with van der Waals surface area (Å²) >= 11 is 5.99. The van der Waals surface area contributed by atoms with Crippen molar-refractivity contribution in [1.29, 1.82) is 0 Å². The Morgan fingerprint density at radius 3 is 2.39 bits per heavy atom. The lowest BCUT2D eigenvalue weighted by atomic mass is 9.77. The number of hydrogen-bond acceptors (Lipinski definition) is 2. The molecule has 1 heterocycles. The fourth-order valence-electron chi connectivity index (χ4n) is 4.04. The molecule has 1 aliphatic heterocycles. The Labute approximate surface area is 141 Å². The van der Waals surface area contributed by atoms with E-state index in [9.17, 15) is 14.7 Å². The summed E-state index contributed by atoms with van der Waals surface area (Å²) in [6, 6.07) is 7.56. The number of carboxylic acids is 1. The third-order valence-electron chi connectivity index (χ3n) is 5.32. The zero-order valence-corrected chi connectivity index (χ0v) is 13.9. The maximum Gasteiger partial charge on any atom is 0.308 e. The third-order valence-corrected chi connectivity index (χ3v) is 5.57. The zero-order valence-electron chi connectivity index (χ0n) is 13.1. The lowest BCUT2D eigenvalue weighted by Gasteiger charge is -2.38. The van der Waals surface area contributed by atoms with E-state index in [1.807, 2.05) is 24.3 Å². The van der Waals surface area contributed by atoms with Crippen molar-refractivity contribution in [1.82, 2.24) is 4.90 Å². The monoisotopic (exact) mass is 335 g/mol. The summed E-state index contributed by atoms with van der Waals surface area (Å²) in [4.78, 5) is 26.3. The normalized spacial score (nSPS) is 23.7. The number of carboxylic acid groups (broad SMARTS) is 1. The van der Waals surface area contributed by atoms with E-state index in [1.54, 1.807) is 4.90 Å². The van der Waals surface area contributed by atoms with Crippen LogP contribution in [-0.4, -0.2) is 35.0 Å². The van der Waals surface area contributed by atoms with E-state index < -0.39 is 17.3 Å². The molecule has 0 spiro atoms. The van der Waals surface area contributed by atoms with E-state index in [2.05, 4.69) is 0 Å². The van der Waals surface area contributed by atoms with Gasteiger partial charge in [0, 0.05) is 18.1 Å². The van der Waals surface area contributed by atoms with Crippen LogP contribution in [0.1, 0.15) is 44.1 Å². The summed E-state index contributed by atoms with van der Waals surface area (Å²) in [6.45, 7) is 1.00. The maximum absolute atomic E-state index is 13.3. The first-order chi connectivity index (χ1) is 11.0. The Balaban J connectivity index is 1.87. The maximum atomic E-state index is 13.3. The molecule has 1 atom stereocenters. The Bertz CT molecular complexity index is 593. The van der Waals surface area contributed by atoms with Crippen molar-refractivity contribution in [2.75, 3.05) is 13.1 Å². The number of carbonyl (C=O) groups is 2. The molecule has 2 fully saturated rings. The van der Waals surface area contributed by atoms with Crippen molar-refractivity contribution in [3.05, 3.63) is 34.9 Å². The van der Waals surface area contributed by atoms with Gasteiger partial charge < -0.3 is 10.0 Å². The van der Waals surface area contributed by atoms with Gasteiger partial charge in [0.25, 0.3) is 0 Å². The van der Waals surface area contributed by atoms with Gasteiger partial charge in [-0.1, -0.05) is 36.6 Å².